The topological polar surface area (TPSA) is 44.5 Å². The molecule has 0 unspecified atom stereocenters. The summed E-state index contributed by atoms with van der Waals surface area (Å²) in [5.74, 6) is 0.475. The first-order valence-corrected chi connectivity index (χ1v) is 8.74. The number of halogens is 1. The third-order valence-corrected chi connectivity index (χ3v) is 2.29. The molecule has 0 heterocycles. The lowest BCUT2D eigenvalue weighted by molar-refractivity contribution is 0.0136. The van der Waals surface area contributed by atoms with E-state index < -0.39 is 5.67 Å². The Bertz CT molecular complexity index is 363. The summed E-state index contributed by atoms with van der Waals surface area (Å²) in [5.41, 5.74) is 5.12. The minimum absolute atomic E-state index is 0.126. The van der Waals surface area contributed by atoms with E-state index in [1.807, 2.05) is 48.5 Å². The van der Waals surface area contributed by atoms with Crippen LogP contribution in [0.1, 0.15) is 74.3 Å². The van der Waals surface area contributed by atoms with Crippen LogP contribution in [-0.4, -0.2) is 13.4 Å². The highest BCUT2D eigenvalue weighted by Crippen LogP contribution is 2.34. The molecule has 3 nitrogen and oxygen atoms in total. The number of benzene rings is 1. The molecule has 0 aliphatic rings. The van der Waals surface area contributed by atoms with Gasteiger partial charge in [0, 0.05) is 11.3 Å². The molecule has 0 atom stereocenters. The Morgan fingerprint density at radius 2 is 1.57 bits per heavy atom. The lowest BCUT2D eigenvalue weighted by Gasteiger charge is -2.19. The van der Waals surface area contributed by atoms with Gasteiger partial charge in [-0.2, -0.15) is 0 Å². The number of hydrogen-bond donors (Lipinski definition) is 1. The van der Waals surface area contributed by atoms with E-state index in [4.69, 9.17) is 15.2 Å². The van der Waals surface area contributed by atoms with Crippen molar-refractivity contribution in [3.63, 3.8) is 0 Å². The van der Waals surface area contributed by atoms with Gasteiger partial charge in [0.2, 0.25) is 0 Å². The van der Waals surface area contributed by atoms with Crippen LogP contribution in [0.4, 0.5) is 10.1 Å². The molecule has 4 heteroatoms. The number of anilines is 1. The summed E-state index contributed by atoms with van der Waals surface area (Å²) < 4.78 is 24.6. The standard InChI is InChI=1S/C13H20FNO2.3C2H6/c1-4-7-16-9-17-12-6-5-10(15)8-11(12)13(2,3)14;3*1-2/h5-6,8H,4,7,9,15H2,1-3H3;3*1-2H3. The quantitative estimate of drug-likeness (QED) is 0.377. The van der Waals surface area contributed by atoms with Crippen molar-refractivity contribution in [3.05, 3.63) is 23.8 Å². The highest BCUT2D eigenvalue weighted by molar-refractivity contribution is 5.49. The van der Waals surface area contributed by atoms with Gasteiger partial charge in [0.25, 0.3) is 0 Å². The second-order valence-corrected chi connectivity index (χ2v) is 4.40. The Morgan fingerprint density at radius 3 is 2.00 bits per heavy atom. The summed E-state index contributed by atoms with van der Waals surface area (Å²) in [6.07, 6.45) is 0.923. The zero-order chi connectivity index (χ0) is 18.9. The van der Waals surface area contributed by atoms with Gasteiger partial charge in [-0.15, -0.1) is 0 Å². The highest BCUT2D eigenvalue weighted by Gasteiger charge is 2.23. The summed E-state index contributed by atoms with van der Waals surface area (Å²) in [4.78, 5) is 0. The van der Waals surface area contributed by atoms with Crippen molar-refractivity contribution in [3.8, 4) is 5.75 Å². The van der Waals surface area contributed by atoms with E-state index in [1.165, 1.54) is 13.8 Å². The van der Waals surface area contributed by atoms with Gasteiger partial charge in [-0.3, -0.25) is 0 Å². The lowest BCUT2D eigenvalue weighted by atomic mass is 9.98. The first-order chi connectivity index (χ1) is 10.9. The van der Waals surface area contributed by atoms with Crippen LogP contribution in [-0.2, 0) is 10.4 Å². The molecular formula is C19H38FNO2. The van der Waals surface area contributed by atoms with Crippen molar-refractivity contribution in [2.24, 2.45) is 0 Å². The maximum absolute atomic E-state index is 14.0. The van der Waals surface area contributed by atoms with Crippen LogP contribution in [0, 0.1) is 0 Å². The molecule has 1 rings (SSSR count). The van der Waals surface area contributed by atoms with Crippen molar-refractivity contribution < 1.29 is 13.9 Å². The molecule has 0 aromatic heterocycles. The SMILES string of the molecule is CC.CC.CC.CCCOCOc1ccc(N)cc1C(C)(C)F. The van der Waals surface area contributed by atoms with Crippen molar-refractivity contribution >= 4 is 5.69 Å². The molecule has 0 saturated heterocycles. The van der Waals surface area contributed by atoms with Crippen LogP contribution in [0.5, 0.6) is 5.75 Å². The molecule has 0 aliphatic carbocycles. The normalized spacial score (nSPS) is 9.30. The molecule has 0 radical (unpaired) electrons. The summed E-state index contributed by atoms with van der Waals surface area (Å²) in [5, 5.41) is 0. The van der Waals surface area contributed by atoms with Gasteiger partial charge in [0.1, 0.15) is 11.4 Å². The first-order valence-electron chi connectivity index (χ1n) is 8.74. The monoisotopic (exact) mass is 331 g/mol. The van der Waals surface area contributed by atoms with Crippen LogP contribution < -0.4 is 10.5 Å². The minimum atomic E-state index is -1.49. The van der Waals surface area contributed by atoms with E-state index in [2.05, 4.69) is 0 Å². The zero-order valence-corrected chi connectivity index (χ0v) is 16.6. The van der Waals surface area contributed by atoms with E-state index in [9.17, 15) is 4.39 Å². The van der Waals surface area contributed by atoms with Crippen molar-refractivity contribution in [2.75, 3.05) is 19.1 Å². The molecule has 0 saturated carbocycles. The van der Waals surface area contributed by atoms with Crippen molar-refractivity contribution in [1.29, 1.82) is 0 Å². The first kappa shape index (κ1) is 26.6. The third kappa shape index (κ3) is 12.9. The second kappa shape index (κ2) is 17.1. The predicted octanol–water partition coefficient (Wildman–Crippen LogP) is 6.31. The van der Waals surface area contributed by atoms with Crippen LogP contribution in [0.2, 0.25) is 0 Å². The number of rotatable bonds is 6. The Morgan fingerprint density at radius 1 is 1.04 bits per heavy atom. The van der Waals surface area contributed by atoms with Gasteiger partial charge in [-0.1, -0.05) is 48.5 Å². The molecule has 0 fully saturated rings. The maximum atomic E-state index is 14.0. The van der Waals surface area contributed by atoms with Gasteiger partial charge < -0.3 is 15.2 Å². The number of alkyl halides is 1. The average Bonchev–Trinajstić information content (AvgIpc) is 2.57. The Labute approximate surface area is 143 Å². The van der Waals surface area contributed by atoms with Gasteiger partial charge in [-0.25, -0.2) is 4.39 Å². The highest BCUT2D eigenvalue weighted by atomic mass is 19.1. The minimum Gasteiger partial charge on any atom is -0.467 e. The van der Waals surface area contributed by atoms with E-state index in [0.29, 0.717) is 23.6 Å². The molecule has 0 amide bonds. The second-order valence-electron chi connectivity index (χ2n) is 4.40. The molecule has 2 N–H and O–H groups in total. The van der Waals surface area contributed by atoms with Crippen molar-refractivity contribution in [2.45, 2.75) is 74.4 Å². The molecule has 1 aromatic carbocycles. The number of ether oxygens (including phenoxy) is 2. The van der Waals surface area contributed by atoms with Crippen LogP contribution >= 0.6 is 0 Å². The summed E-state index contributed by atoms with van der Waals surface area (Å²) in [7, 11) is 0. The number of nitrogens with two attached hydrogens (primary N) is 1. The fourth-order valence-corrected chi connectivity index (χ4v) is 1.45. The molecular weight excluding hydrogens is 293 g/mol. The number of nitrogen functional groups attached to an aromatic ring is 1. The molecule has 23 heavy (non-hydrogen) atoms. The van der Waals surface area contributed by atoms with Gasteiger partial charge in [0.15, 0.2) is 6.79 Å². The molecule has 138 valence electrons. The molecule has 0 spiro atoms. The lowest BCUT2D eigenvalue weighted by Crippen LogP contribution is -2.13. The summed E-state index contributed by atoms with van der Waals surface area (Å²) >= 11 is 0. The van der Waals surface area contributed by atoms with Gasteiger partial charge >= 0.3 is 0 Å². The Balaban J connectivity index is -0.000000595. The molecule has 0 bridgehead atoms. The van der Waals surface area contributed by atoms with Gasteiger partial charge in [-0.05, 0) is 38.5 Å². The zero-order valence-electron chi connectivity index (χ0n) is 16.6. The number of hydrogen-bond acceptors (Lipinski definition) is 3. The van der Waals surface area contributed by atoms with E-state index >= 15 is 0 Å². The smallest absolute Gasteiger partial charge is 0.189 e. The maximum Gasteiger partial charge on any atom is 0.189 e. The van der Waals surface area contributed by atoms with E-state index in [1.54, 1.807) is 18.2 Å². The molecule has 0 aliphatic heterocycles. The largest absolute Gasteiger partial charge is 0.467 e. The van der Waals surface area contributed by atoms with Crippen LogP contribution in [0.25, 0.3) is 0 Å². The van der Waals surface area contributed by atoms with Crippen molar-refractivity contribution in [1.82, 2.24) is 0 Å². The third-order valence-electron chi connectivity index (χ3n) is 2.29. The fraction of sp³-hybridized carbons (Fsp3) is 0.684. The Kier molecular flexibility index (Phi) is 19.7. The van der Waals surface area contributed by atoms with Crippen LogP contribution in [0.3, 0.4) is 0 Å². The van der Waals surface area contributed by atoms with Gasteiger partial charge in [0.05, 0.1) is 6.61 Å². The summed E-state index contributed by atoms with van der Waals surface area (Å²) in [6.45, 7) is 17.7. The molecule has 1 aromatic rings. The van der Waals surface area contributed by atoms with E-state index in [-0.39, 0.29) is 6.79 Å². The fourth-order valence-electron chi connectivity index (χ4n) is 1.45. The van der Waals surface area contributed by atoms with E-state index in [0.717, 1.165) is 6.42 Å². The predicted molar refractivity (Wildman–Crippen MR) is 101 cm³/mol. The summed E-state index contributed by atoms with van der Waals surface area (Å²) in [6, 6.07) is 4.95. The van der Waals surface area contributed by atoms with Crippen LogP contribution in [0.15, 0.2) is 18.2 Å². The Hall–Kier alpha value is -1.29. The average molecular weight is 332 g/mol.